The van der Waals surface area contributed by atoms with E-state index in [1.807, 2.05) is 66.7 Å². The Morgan fingerprint density at radius 1 is 0.400 bits per heavy atom. The van der Waals surface area contributed by atoms with E-state index in [2.05, 4.69) is 102 Å². The van der Waals surface area contributed by atoms with E-state index in [4.69, 9.17) is 19.9 Å². The van der Waals surface area contributed by atoms with E-state index in [0.717, 1.165) is 60.3 Å². The molecule has 0 fully saturated rings. The summed E-state index contributed by atoms with van der Waals surface area (Å²) in [5.74, 6) is 1.94. The molecule has 0 aliphatic rings. The van der Waals surface area contributed by atoms with Crippen LogP contribution in [0.25, 0.3) is 93.2 Å². The lowest BCUT2D eigenvalue weighted by Gasteiger charge is -2.11. The van der Waals surface area contributed by atoms with Gasteiger partial charge in [0.1, 0.15) is 5.01 Å². The van der Waals surface area contributed by atoms with E-state index < -0.39 is 0 Å². The van der Waals surface area contributed by atoms with Gasteiger partial charge in [0.05, 0.1) is 21.3 Å². The first-order valence-corrected chi connectivity index (χ1v) is 17.4. The number of aromatic nitrogens is 5. The van der Waals surface area contributed by atoms with Gasteiger partial charge in [0, 0.05) is 38.7 Å². The highest BCUT2D eigenvalue weighted by molar-refractivity contribution is 7.21. The lowest BCUT2D eigenvalue weighted by atomic mass is 10.1. The summed E-state index contributed by atoms with van der Waals surface area (Å²) < 4.78 is 3.57. The summed E-state index contributed by atoms with van der Waals surface area (Å²) in [6, 6.07) is 57.0. The van der Waals surface area contributed by atoms with E-state index in [-0.39, 0.29) is 0 Å². The Kier molecular flexibility index (Phi) is 6.60. The molecular weight excluding hydrogens is 631 g/mol. The molecule has 3 heterocycles. The molecule has 50 heavy (non-hydrogen) atoms. The summed E-state index contributed by atoms with van der Waals surface area (Å²) in [7, 11) is 0. The van der Waals surface area contributed by atoms with Crippen molar-refractivity contribution in [3.05, 3.63) is 164 Å². The van der Waals surface area contributed by atoms with Crippen LogP contribution in [-0.2, 0) is 0 Å². The topological polar surface area (TPSA) is 56.5 Å². The van der Waals surface area contributed by atoms with Crippen LogP contribution in [0.1, 0.15) is 0 Å². The van der Waals surface area contributed by atoms with Crippen LogP contribution in [0.3, 0.4) is 0 Å². The summed E-state index contributed by atoms with van der Waals surface area (Å²) in [6.45, 7) is 0. The molecule has 5 nitrogen and oxygen atoms in total. The second-order valence-electron chi connectivity index (χ2n) is 12.4. The van der Waals surface area contributed by atoms with Crippen molar-refractivity contribution in [2.24, 2.45) is 0 Å². The number of fused-ring (bicyclic) bond motifs is 5. The van der Waals surface area contributed by atoms with Gasteiger partial charge in [0.15, 0.2) is 17.5 Å². The van der Waals surface area contributed by atoms with Crippen LogP contribution in [0.2, 0.25) is 0 Å². The van der Waals surface area contributed by atoms with Crippen molar-refractivity contribution >= 4 is 54.1 Å². The van der Waals surface area contributed by atoms with Crippen LogP contribution in [-0.4, -0.2) is 24.5 Å². The Balaban J connectivity index is 1.14. The lowest BCUT2D eigenvalue weighted by Crippen LogP contribution is -2.00. The molecule has 0 aliphatic carbocycles. The first-order valence-electron chi connectivity index (χ1n) is 16.6. The van der Waals surface area contributed by atoms with Crippen LogP contribution in [0.15, 0.2) is 164 Å². The molecule has 0 amide bonds. The monoisotopic (exact) mass is 657 g/mol. The summed E-state index contributed by atoms with van der Waals surface area (Å²) in [5.41, 5.74) is 8.39. The predicted octanol–water partition coefficient (Wildman–Crippen LogP) is 11.4. The van der Waals surface area contributed by atoms with Gasteiger partial charge in [-0.1, -0.05) is 121 Å². The van der Waals surface area contributed by atoms with Gasteiger partial charge in [0.25, 0.3) is 0 Å². The minimum absolute atomic E-state index is 0.641. The molecule has 0 unspecified atom stereocenters. The zero-order valence-corrected chi connectivity index (χ0v) is 27.5. The minimum atomic E-state index is 0.641. The van der Waals surface area contributed by atoms with Crippen LogP contribution in [0.4, 0.5) is 0 Å². The largest absolute Gasteiger partial charge is 0.309 e. The summed E-state index contributed by atoms with van der Waals surface area (Å²) >= 11 is 1.73. The van der Waals surface area contributed by atoms with Crippen molar-refractivity contribution in [2.75, 3.05) is 0 Å². The second kappa shape index (κ2) is 11.6. The van der Waals surface area contributed by atoms with Gasteiger partial charge in [-0.2, -0.15) is 0 Å². The van der Waals surface area contributed by atoms with Gasteiger partial charge < -0.3 is 4.57 Å². The highest BCUT2D eigenvalue weighted by atomic mass is 32.1. The number of hydrogen-bond donors (Lipinski definition) is 0. The van der Waals surface area contributed by atoms with Crippen molar-refractivity contribution in [2.45, 2.75) is 0 Å². The molecule has 0 radical (unpaired) electrons. The Morgan fingerprint density at radius 3 is 1.78 bits per heavy atom. The molecule has 7 aromatic carbocycles. The first kappa shape index (κ1) is 28.5. The summed E-state index contributed by atoms with van der Waals surface area (Å²) in [5, 5.41) is 5.71. The molecule has 0 saturated heterocycles. The third-order valence-corrected chi connectivity index (χ3v) is 10.3. The predicted molar refractivity (Wildman–Crippen MR) is 207 cm³/mol. The van der Waals surface area contributed by atoms with Crippen molar-refractivity contribution in [1.82, 2.24) is 24.5 Å². The Hall–Kier alpha value is -6.50. The average molecular weight is 658 g/mol. The highest BCUT2D eigenvalue weighted by Gasteiger charge is 2.16. The van der Waals surface area contributed by atoms with Crippen molar-refractivity contribution in [3.63, 3.8) is 0 Å². The van der Waals surface area contributed by atoms with Gasteiger partial charge >= 0.3 is 0 Å². The Morgan fingerprint density at radius 2 is 1.02 bits per heavy atom. The molecule has 234 valence electrons. The van der Waals surface area contributed by atoms with Gasteiger partial charge in [-0.05, 0) is 53.2 Å². The maximum Gasteiger partial charge on any atom is 0.164 e. The maximum absolute atomic E-state index is 4.98. The fourth-order valence-corrected chi connectivity index (χ4v) is 7.79. The molecular formula is C44H27N5S. The van der Waals surface area contributed by atoms with Crippen LogP contribution >= 0.6 is 11.3 Å². The third kappa shape index (κ3) is 4.85. The van der Waals surface area contributed by atoms with E-state index >= 15 is 0 Å². The van der Waals surface area contributed by atoms with E-state index in [0.29, 0.717) is 17.5 Å². The number of benzene rings is 7. The maximum atomic E-state index is 4.98. The highest BCUT2D eigenvalue weighted by Crippen LogP contribution is 2.38. The third-order valence-electron chi connectivity index (χ3n) is 9.25. The van der Waals surface area contributed by atoms with Gasteiger partial charge in [-0.15, -0.1) is 11.3 Å². The zero-order chi connectivity index (χ0) is 33.0. The average Bonchev–Trinajstić information content (AvgIpc) is 3.77. The molecule has 0 saturated carbocycles. The van der Waals surface area contributed by atoms with Crippen LogP contribution < -0.4 is 0 Å². The number of hydrogen-bond acceptors (Lipinski definition) is 5. The summed E-state index contributed by atoms with van der Waals surface area (Å²) in [4.78, 5) is 19.8. The molecule has 0 atom stereocenters. The van der Waals surface area contributed by atoms with E-state index in [9.17, 15) is 0 Å². The smallest absolute Gasteiger partial charge is 0.164 e. The minimum Gasteiger partial charge on any atom is -0.309 e. The first-order chi connectivity index (χ1) is 24.7. The lowest BCUT2D eigenvalue weighted by molar-refractivity contribution is 1.07. The van der Waals surface area contributed by atoms with Crippen molar-refractivity contribution in [3.8, 4) is 50.4 Å². The molecule has 0 aliphatic heterocycles. The van der Waals surface area contributed by atoms with Crippen molar-refractivity contribution in [1.29, 1.82) is 0 Å². The Labute approximate surface area is 291 Å². The number of rotatable bonds is 5. The van der Waals surface area contributed by atoms with Crippen molar-refractivity contribution < 1.29 is 0 Å². The molecule has 3 aromatic heterocycles. The fourth-order valence-electron chi connectivity index (χ4n) is 6.83. The number of thiazole rings is 1. The van der Waals surface area contributed by atoms with Gasteiger partial charge in [-0.25, -0.2) is 19.9 Å². The fraction of sp³-hybridized carbons (Fsp3) is 0. The molecule has 0 N–H and O–H groups in total. The zero-order valence-electron chi connectivity index (χ0n) is 26.7. The number of para-hydroxylation sites is 2. The molecule has 0 spiro atoms. The van der Waals surface area contributed by atoms with Gasteiger partial charge in [-0.3, -0.25) is 0 Å². The molecule has 0 bridgehead atoms. The standard InChI is InChI=1S/C44H27N5S/c1-3-11-29(12-4-1)41-46-42(30-13-5-2-6-14-30)48-43(47-41)31-20-19-28-21-23-34(26-33(28)25-31)49-38-17-9-7-15-35(38)36-24-22-32(27-39(36)49)44-45-37-16-8-10-18-40(37)50-44/h1-27H. The number of nitrogens with zero attached hydrogens (tertiary/aromatic N) is 5. The normalized spacial score (nSPS) is 11.6. The molecule has 6 heteroatoms. The van der Waals surface area contributed by atoms with Crippen LogP contribution in [0.5, 0.6) is 0 Å². The SMILES string of the molecule is c1ccc(-c2nc(-c3ccccc3)nc(-c3ccc4ccc(-n5c6ccccc6c6ccc(-c7nc8ccccc8s7)cc65)cc4c3)n2)cc1. The summed E-state index contributed by atoms with van der Waals surface area (Å²) in [6.07, 6.45) is 0. The second-order valence-corrected chi connectivity index (χ2v) is 13.4. The van der Waals surface area contributed by atoms with E-state index in [1.165, 1.54) is 15.5 Å². The van der Waals surface area contributed by atoms with Gasteiger partial charge in [0.2, 0.25) is 0 Å². The quantitative estimate of drug-likeness (QED) is 0.185. The van der Waals surface area contributed by atoms with E-state index in [1.54, 1.807) is 11.3 Å². The van der Waals surface area contributed by atoms with Crippen LogP contribution in [0, 0.1) is 0 Å². The molecule has 10 aromatic rings. The Bertz CT molecular complexity index is 2780. The molecule has 10 rings (SSSR count).